The van der Waals surface area contributed by atoms with E-state index in [1.165, 1.54) is 0 Å². The summed E-state index contributed by atoms with van der Waals surface area (Å²) in [6.45, 7) is 3.55. The lowest BCUT2D eigenvalue weighted by molar-refractivity contribution is -0.117. The first-order valence-electron chi connectivity index (χ1n) is 10.0. The molecule has 1 atom stereocenters. The van der Waals surface area contributed by atoms with E-state index in [0.29, 0.717) is 10.7 Å². The molecular weight excluding hydrogens is 432 g/mol. The second-order valence-electron chi connectivity index (χ2n) is 7.75. The Hall–Kier alpha value is -2.83. The highest BCUT2D eigenvalue weighted by Crippen LogP contribution is 2.33. The van der Waals surface area contributed by atoms with Gasteiger partial charge in [-0.15, -0.1) is 0 Å². The van der Waals surface area contributed by atoms with Gasteiger partial charge in [0.1, 0.15) is 6.54 Å². The van der Waals surface area contributed by atoms with E-state index in [1.807, 2.05) is 38.1 Å². The lowest BCUT2D eigenvalue weighted by Gasteiger charge is -2.29. The smallest absolute Gasteiger partial charge is 0.264 e. The summed E-state index contributed by atoms with van der Waals surface area (Å²) in [5.74, 6) is -0.275. The van der Waals surface area contributed by atoms with E-state index in [9.17, 15) is 13.2 Å². The molecule has 7 heteroatoms. The number of rotatable bonds is 5. The van der Waals surface area contributed by atoms with E-state index < -0.39 is 10.0 Å². The number of halogens is 1. The molecular formula is C24H23ClN2O3S. The van der Waals surface area contributed by atoms with Gasteiger partial charge in [-0.05, 0) is 68.3 Å². The summed E-state index contributed by atoms with van der Waals surface area (Å²) >= 11 is 6.01. The summed E-state index contributed by atoms with van der Waals surface area (Å²) in [5.41, 5.74) is 3.26. The van der Waals surface area contributed by atoms with Crippen LogP contribution in [0.5, 0.6) is 0 Å². The predicted molar refractivity (Wildman–Crippen MR) is 124 cm³/mol. The first-order valence-corrected chi connectivity index (χ1v) is 11.8. The molecule has 160 valence electrons. The van der Waals surface area contributed by atoms with Crippen molar-refractivity contribution in [3.8, 4) is 0 Å². The quantitative estimate of drug-likeness (QED) is 0.555. The number of carbonyl (C=O) groups is 1. The number of sulfonamides is 1. The van der Waals surface area contributed by atoms with Crippen molar-refractivity contribution in [3.05, 3.63) is 88.9 Å². The van der Waals surface area contributed by atoms with E-state index in [2.05, 4.69) is 0 Å². The van der Waals surface area contributed by atoms with E-state index >= 15 is 0 Å². The first-order chi connectivity index (χ1) is 14.8. The number of nitrogens with zero attached hydrogens (tertiary/aromatic N) is 2. The van der Waals surface area contributed by atoms with Gasteiger partial charge in [0.2, 0.25) is 5.91 Å². The highest BCUT2D eigenvalue weighted by atomic mass is 35.5. The minimum Gasteiger partial charge on any atom is -0.307 e. The fourth-order valence-electron chi connectivity index (χ4n) is 3.90. The molecule has 0 bridgehead atoms. The minimum absolute atomic E-state index is 0.0425. The van der Waals surface area contributed by atoms with Crippen LogP contribution in [0, 0.1) is 6.92 Å². The molecule has 0 N–H and O–H groups in total. The van der Waals surface area contributed by atoms with Crippen molar-refractivity contribution >= 4 is 38.9 Å². The molecule has 5 nitrogen and oxygen atoms in total. The Balaban J connectivity index is 1.72. The topological polar surface area (TPSA) is 57.7 Å². The number of carbonyl (C=O) groups excluding carboxylic acids is 1. The van der Waals surface area contributed by atoms with Crippen molar-refractivity contribution in [3.63, 3.8) is 0 Å². The molecule has 1 aliphatic heterocycles. The molecule has 0 aromatic heterocycles. The molecule has 1 heterocycles. The maximum Gasteiger partial charge on any atom is 0.264 e. The third-order valence-electron chi connectivity index (χ3n) is 5.48. The van der Waals surface area contributed by atoms with Crippen LogP contribution in [0.3, 0.4) is 0 Å². The van der Waals surface area contributed by atoms with Crippen molar-refractivity contribution in [1.82, 2.24) is 0 Å². The summed E-state index contributed by atoms with van der Waals surface area (Å²) in [6, 6.07) is 20.8. The van der Waals surface area contributed by atoms with Crippen LogP contribution in [0.15, 0.2) is 77.7 Å². The van der Waals surface area contributed by atoms with Crippen LogP contribution < -0.4 is 9.21 Å². The predicted octanol–water partition coefficient (Wildman–Crippen LogP) is 4.82. The molecule has 0 spiro atoms. The standard InChI is InChI=1S/C24H23ClN2O3S/c1-17-7-13-22(14-8-17)31(29,30)26(21-11-9-20(25)10-12-21)16-24(28)27-18(2)15-19-5-3-4-6-23(19)27/h3-14,18H,15-16H2,1-2H3/t18-/m1/s1. The van der Waals surface area contributed by atoms with Crippen LogP contribution in [0.1, 0.15) is 18.1 Å². The van der Waals surface area contributed by atoms with Gasteiger partial charge in [0.15, 0.2) is 0 Å². The van der Waals surface area contributed by atoms with E-state index in [4.69, 9.17) is 11.6 Å². The molecule has 4 rings (SSSR count). The van der Waals surface area contributed by atoms with Crippen LogP contribution in [0.4, 0.5) is 11.4 Å². The van der Waals surface area contributed by atoms with E-state index in [0.717, 1.165) is 27.5 Å². The Bertz CT molecular complexity index is 1210. The molecule has 0 radical (unpaired) electrons. The van der Waals surface area contributed by atoms with Gasteiger partial charge in [-0.25, -0.2) is 8.42 Å². The van der Waals surface area contributed by atoms with Crippen LogP contribution >= 0.6 is 11.6 Å². The van der Waals surface area contributed by atoms with Crippen molar-refractivity contribution in [2.75, 3.05) is 15.7 Å². The molecule has 1 amide bonds. The summed E-state index contributed by atoms with van der Waals surface area (Å²) in [7, 11) is -3.96. The molecule has 31 heavy (non-hydrogen) atoms. The van der Waals surface area contributed by atoms with Crippen molar-refractivity contribution in [2.24, 2.45) is 0 Å². The van der Waals surface area contributed by atoms with Crippen LogP contribution in [-0.4, -0.2) is 26.9 Å². The largest absolute Gasteiger partial charge is 0.307 e. The Morgan fingerprint density at radius 2 is 1.68 bits per heavy atom. The fraction of sp³-hybridized carbons (Fsp3) is 0.208. The SMILES string of the molecule is Cc1ccc(S(=O)(=O)N(CC(=O)N2c3ccccc3C[C@H]2C)c2ccc(Cl)cc2)cc1. The monoisotopic (exact) mass is 454 g/mol. The number of anilines is 2. The normalized spacial score (nSPS) is 15.6. The molecule has 1 aliphatic rings. The first kappa shape index (κ1) is 21.4. The van der Waals surface area contributed by atoms with Gasteiger partial charge in [-0.2, -0.15) is 0 Å². The zero-order valence-corrected chi connectivity index (χ0v) is 18.9. The van der Waals surface area contributed by atoms with E-state index in [1.54, 1.807) is 53.4 Å². The zero-order valence-electron chi connectivity index (χ0n) is 17.3. The van der Waals surface area contributed by atoms with Crippen LogP contribution in [0.25, 0.3) is 0 Å². The average Bonchev–Trinajstić information content (AvgIpc) is 3.08. The summed E-state index contributed by atoms with van der Waals surface area (Å²) in [6.07, 6.45) is 0.744. The second-order valence-corrected chi connectivity index (χ2v) is 10.0. The number of hydrogen-bond acceptors (Lipinski definition) is 3. The molecule has 0 saturated heterocycles. The molecule has 3 aromatic rings. The molecule has 0 fully saturated rings. The van der Waals surface area contributed by atoms with Gasteiger partial charge in [0.05, 0.1) is 10.6 Å². The third kappa shape index (κ3) is 4.18. The lowest BCUT2D eigenvalue weighted by atomic mass is 10.1. The van der Waals surface area contributed by atoms with Gasteiger partial charge >= 0.3 is 0 Å². The summed E-state index contributed by atoms with van der Waals surface area (Å²) in [5, 5.41) is 0.491. The van der Waals surface area contributed by atoms with Crippen molar-refractivity contribution < 1.29 is 13.2 Å². The zero-order chi connectivity index (χ0) is 22.2. The van der Waals surface area contributed by atoms with Crippen LogP contribution in [0.2, 0.25) is 5.02 Å². The number of amides is 1. The number of hydrogen-bond donors (Lipinski definition) is 0. The lowest BCUT2D eigenvalue weighted by Crippen LogP contribution is -2.45. The number of benzene rings is 3. The van der Waals surface area contributed by atoms with Gasteiger partial charge in [-0.1, -0.05) is 47.5 Å². The average molecular weight is 455 g/mol. The number of aryl methyl sites for hydroxylation is 1. The highest BCUT2D eigenvalue weighted by molar-refractivity contribution is 7.92. The molecule has 0 aliphatic carbocycles. The Morgan fingerprint density at radius 1 is 1.03 bits per heavy atom. The Labute approximate surface area is 187 Å². The molecule has 3 aromatic carbocycles. The summed E-state index contributed by atoms with van der Waals surface area (Å²) in [4.78, 5) is 15.2. The van der Waals surface area contributed by atoms with Crippen LogP contribution in [-0.2, 0) is 21.2 Å². The third-order valence-corrected chi connectivity index (χ3v) is 7.52. The molecule has 0 saturated carbocycles. The van der Waals surface area contributed by atoms with Gasteiger partial charge in [0, 0.05) is 16.8 Å². The van der Waals surface area contributed by atoms with Crippen molar-refractivity contribution in [1.29, 1.82) is 0 Å². The maximum atomic E-state index is 13.5. The van der Waals surface area contributed by atoms with Gasteiger partial charge in [0.25, 0.3) is 10.0 Å². The van der Waals surface area contributed by atoms with E-state index in [-0.39, 0.29) is 23.4 Å². The highest BCUT2D eigenvalue weighted by Gasteiger charge is 2.34. The Kier molecular flexibility index (Phi) is 5.77. The second kappa shape index (κ2) is 8.36. The Morgan fingerprint density at radius 3 is 2.35 bits per heavy atom. The van der Waals surface area contributed by atoms with Gasteiger partial charge < -0.3 is 4.90 Å². The van der Waals surface area contributed by atoms with Gasteiger partial charge in [-0.3, -0.25) is 9.10 Å². The number of fused-ring (bicyclic) bond motifs is 1. The fourth-order valence-corrected chi connectivity index (χ4v) is 5.44. The minimum atomic E-state index is -3.96. The molecule has 0 unspecified atom stereocenters. The summed E-state index contributed by atoms with van der Waals surface area (Å²) < 4.78 is 28.2. The number of para-hydroxylation sites is 1. The maximum absolute atomic E-state index is 13.5. The van der Waals surface area contributed by atoms with Crippen molar-refractivity contribution in [2.45, 2.75) is 31.2 Å².